The molecule has 3 rings (SSSR count). The Balaban J connectivity index is 1.82. The first kappa shape index (κ1) is 17.7. The average molecular weight is 345 g/mol. The maximum atomic E-state index is 12.4. The number of aromatic amines is 1. The molecule has 136 valence electrons. The van der Waals surface area contributed by atoms with Crippen molar-refractivity contribution in [1.29, 1.82) is 0 Å². The molecule has 1 aliphatic rings. The minimum Gasteiger partial charge on any atom is -0.388 e. The fourth-order valence-electron chi connectivity index (χ4n) is 3.64. The highest BCUT2D eigenvalue weighted by atomic mass is 16.3. The van der Waals surface area contributed by atoms with Crippen LogP contribution in [0.5, 0.6) is 0 Å². The Morgan fingerprint density at radius 1 is 1.32 bits per heavy atom. The SMILES string of the molecule is CCC(O)(CC)CNC(=O)c1ccc2c(c1)[nH]c(=O)n2C1CCCC1. The summed E-state index contributed by atoms with van der Waals surface area (Å²) in [5.74, 6) is -0.239. The number of nitrogens with one attached hydrogen (secondary N) is 2. The zero-order valence-corrected chi connectivity index (χ0v) is 15.0. The molecule has 1 aromatic carbocycles. The number of fused-ring (bicyclic) bond motifs is 1. The average Bonchev–Trinajstić information content (AvgIpc) is 3.25. The van der Waals surface area contributed by atoms with Crippen LogP contribution in [0.1, 0.15) is 68.8 Å². The zero-order chi connectivity index (χ0) is 18.0. The Hall–Kier alpha value is -2.08. The predicted octanol–water partition coefficient (Wildman–Crippen LogP) is 2.73. The normalized spacial score (nSPS) is 15.8. The molecule has 0 unspecified atom stereocenters. The Morgan fingerprint density at radius 2 is 2.00 bits per heavy atom. The van der Waals surface area contributed by atoms with Crippen molar-refractivity contribution in [2.75, 3.05) is 6.54 Å². The topological polar surface area (TPSA) is 87.1 Å². The minimum atomic E-state index is -0.875. The summed E-state index contributed by atoms with van der Waals surface area (Å²) in [6, 6.07) is 5.55. The van der Waals surface area contributed by atoms with Crippen molar-refractivity contribution in [3.63, 3.8) is 0 Å². The van der Waals surface area contributed by atoms with E-state index < -0.39 is 5.60 Å². The molecule has 1 aliphatic carbocycles. The second kappa shape index (κ2) is 7.04. The van der Waals surface area contributed by atoms with E-state index in [1.54, 1.807) is 12.1 Å². The molecule has 1 heterocycles. The highest BCUT2D eigenvalue weighted by molar-refractivity contribution is 5.97. The molecule has 2 aromatic rings. The van der Waals surface area contributed by atoms with Crippen LogP contribution >= 0.6 is 0 Å². The summed E-state index contributed by atoms with van der Waals surface area (Å²) in [4.78, 5) is 27.6. The van der Waals surface area contributed by atoms with Gasteiger partial charge >= 0.3 is 5.69 Å². The van der Waals surface area contributed by atoms with Gasteiger partial charge in [0, 0.05) is 18.2 Å². The monoisotopic (exact) mass is 345 g/mol. The smallest absolute Gasteiger partial charge is 0.326 e. The predicted molar refractivity (Wildman–Crippen MR) is 97.9 cm³/mol. The van der Waals surface area contributed by atoms with Crippen molar-refractivity contribution in [3.05, 3.63) is 34.2 Å². The van der Waals surface area contributed by atoms with E-state index in [1.165, 1.54) is 0 Å². The molecular weight excluding hydrogens is 318 g/mol. The van der Waals surface area contributed by atoms with Gasteiger partial charge < -0.3 is 15.4 Å². The van der Waals surface area contributed by atoms with Crippen molar-refractivity contribution in [2.24, 2.45) is 0 Å². The summed E-state index contributed by atoms with van der Waals surface area (Å²) in [6.45, 7) is 4.02. The molecule has 0 aliphatic heterocycles. The van der Waals surface area contributed by atoms with Crippen molar-refractivity contribution in [1.82, 2.24) is 14.9 Å². The largest absolute Gasteiger partial charge is 0.388 e. The van der Waals surface area contributed by atoms with Gasteiger partial charge in [-0.1, -0.05) is 26.7 Å². The third-order valence-electron chi connectivity index (χ3n) is 5.56. The Labute approximate surface area is 147 Å². The fourth-order valence-corrected chi connectivity index (χ4v) is 3.64. The number of hydrogen-bond acceptors (Lipinski definition) is 3. The Morgan fingerprint density at radius 3 is 2.64 bits per heavy atom. The third kappa shape index (κ3) is 3.49. The van der Waals surface area contributed by atoms with Crippen LogP contribution in [0.3, 0.4) is 0 Å². The molecule has 1 aromatic heterocycles. The lowest BCUT2D eigenvalue weighted by Crippen LogP contribution is -2.42. The number of aromatic nitrogens is 2. The molecule has 0 spiro atoms. The molecule has 0 atom stereocenters. The second-order valence-electron chi connectivity index (χ2n) is 7.08. The van der Waals surface area contributed by atoms with Gasteiger partial charge in [-0.05, 0) is 43.9 Å². The summed E-state index contributed by atoms with van der Waals surface area (Å²) in [6.07, 6.45) is 5.54. The maximum absolute atomic E-state index is 12.4. The number of benzene rings is 1. The van der Waals surface area contributed by atoms with E-state index in [9.17, 15) is 14.7 Å². The number of amides is 1. The Bertz CT molecular complexity index is 811. The molecule has 1 saturated carbocycles. The van der Waals surface area contributed by atoms with E-state index in [1.807, 2.05) is 24.5 Å². The summed E-state index contributed by atoms with van der Waals surface area (Å²) < 4.78 is 1.83. The summed E-state index contributed by atoms with van der Waals surface area (Å²) in [5.41, 5.74) is 1.05. The number of imidazole rings is 1. The van der Waals surface area contributed by atoms with Crippen molar-refractivity contribution < 1.29 is 9.90 Å². The summed E-state index contributed by atoms with van der Waals surface area (Å²) >= 11 is 0. The molecule has 6 heteroatoms. The first-order valence-corrected chi connectivity index (χ1v) is 9.22. The quantitative estimate of drug-likeness (QED) is 0.752. The standard InChI is InChI=1S/C19H27N3O3/c1-3-19(25,4-2)12-20-17(23)13-9-10-16-15(11-13)21-18(24)22(16)14-7-5-6-8-14/h9-11,14,25H,3-8,12H2,1-2H3,(H,20,23)(H,21,24). The number of H-pyrrole nitrogens is 1. The van der Waals surface area contributed by atoms with Gasteiger partial charge in [0.2, 0.25) is 0 Å². The third-order valence-corrected chi connectivity index (χ3v) is 5.56. The number of nitrogens with zero attached hydrogens (tertiary/aromatic N) is 1. The highest BCUT2D eigenvalue weighted by Gasteiger charge is 2.24. The van der Waals surface area contributed by atoms with Crippen molar-refractivity contribution >= 4 is 16.9 Å². The van der Waals surface area contributed by atoms with Crippen LogP contribution in [-0.4, -0.2) is 32.7 Å². The van der Waals surface area contributed by atoms with Gasteiger partial charge in [0.25, 0.3) is 5.91 Å². The van der Waals surface area contributed by atoms with Crippen LogP contribution in [-0.2, 0) is 0 Å². The molecule has 25 heavy (non-hydrogen) atoms. The van der Waals surface area contributed by atoms with Gasteiger partial charge in [0.1, 0.15) is 0 Å². The van der Waals surface area contributed by atoms with Crippen LogP contribution in [0.4, 0.5) is 0 Å². The highest BCUT2D eigenvalue weighted by Crippen LogP contribution is 2.30. The van der Waals surface area contributed by atoms with Crippen LogP contribution in [0.15, 0.2) is 23.0 Å². The minimum absolute atomic E-state index is 0.106. The molecule has 3 N–H and O–H groups in total. The second-order valence-corrected chi connectivity index (χ2v) is 7.08. The molecular formula is C19H27N3O3. The zero-order valence-electron chi connectivity index (χ0n) is 15.0. The van der Waals surface area contributed by atoms with E-state index in [0.29, 0.717) is 23.9 Å². The lowest BCUT2D eigenvalue weighted by atomic mass is 9.97. The first-order valence-electron chi connectivity index (χ1n) is 9.22. The van der Waals surface area contributed by atoms with E-state index >= 15 is 0 Å². The number of carbonyl (C=O) groups excluding carboxylic acids is 1. The van der Waals surface area contributed by atoms with E-state index in [2.05, 4.69) is 10.3 Å². The Kier molecular flexibility index (Phi) is 4.99. The summed E-state index contributed by atoms with van der Waals surface area (Å²) in [5, 5.41) is 13.1. The fraction of sp³-hybridized carbons (Fsp3) is 0.579. The van der Waals surface area contributed by atoms with Gasteiger partial charge in [-0.25, -0.2) is 4.79 Å². The van der Waals surface area contributed by atoms with E-state index in [0.717, 1.165) is 31.2 Å². The first-order chi connectivity index (χ1) is 12.0. The van der Waals surface area contributed by atoms with E-state index in [-0.39, 0.29) is 24.2 Å². The van der Waals surface area contributed by atoms with Crippen LogP contribution in [0.2, 0.25) is 0 Å². The summed E-state index contributed by atoms with van der Waals surface area (Å²) in [7, 11) is 0. The van der Waals surface area contributed by atoms with Gasteiger partial charge in [0.15, 0.2) is 0 Å². The maximum Gasteiger partial charge on any atom is 0.326 e. The molecule has 0 saturated heterocycles. The van der Waals surface area contributed by atoms with Gasteiger partial charge in [0.05, 0.1) is 16.6 Å². The van der Waals surface area contributed by atoms with Crippen LogP contribution in [0.25, 0.3) is 11.0 Å². The van der Waals surface area contributed by atoms with Crippen molar-refractivity contribution in [3.8, 4) is 0 Å². The van der Waals surface area contributed by atoms with E-state index in [4.69, 9.17) is 0 Å². The lowest BCUT2D eigenvalue weighted by molar-refractivity contribution is 0.0314. The molecule has 0 bridgehead atoms. The number of hydrogen-bond donors (Lipinski definition) is 3. The number of aliphatic hydroxyl groups is 1. The molecule has 6 nitrogen and oxygen atoms in total. The number of carbonyl (C=O) groups is 1. The molecule has 1 amide bonds. The van der Waals surface area contributed by atoms with Crippen molar-refractivity contribution in [2.45, 2.75) is 64.0 Å². The van der Waals surface area contributed by atoms with Crippen LogP contribution in [0, 0.1) is 0 Å². The molecule has 1 fully saturated rings. The van der Waals surface area contributed by atoms with Crippen LogP contribution < -0.4 is 11.0 Å². The van der Waals surface area contributed by atoms with Gasteiger partial charge in [-0.3, -0.25) is 9.36 Å². The number of rotatable bonds is 6. The molecule has 0 radical (unpaired) electrons. The lowest BCUT2D eigenvalue weighted by Gasteiger charge is -2.25. The van der Waals surface area contributed by atoms with Gasteiger partial charge in [-0.2, -0.15) is 0 Å². The van der Waals surface area contributed by atoms with Gasteiger partial charge in [-0.15, -0.1) is 0 Å².